The molecule has 0 spiro atoms. The fourth-order valence-electron chi connectivity index (χ4n) is 1.74. The van der Waals surface area contributed by atoms with Gasteiger partial charge in [0.25, 0.3) is 0 Å². The molecule has 17 heavy (non-hydrogen) atoms. The van der Waals surface area contributed by atoms with Crippen molar-refractivity contribution in [2.45, 2.75) is 6.92 Å². The SMILES string of the molecule is CCOc1ccc2nc(-c3ccc[nH]3)sc2c1. The highest BCUT2D eigenvalue weighted by molar-refractivity contribution is 7.21. The summed E-state index contributed by atoms with van der Waals surface area (Å²) in [4.78, 5) is 7.76. The van der Waals surface area contributed by atoms with Crippen LogP contribution in [0, 0.1) is 0 Å². The number of H-pyrrole nitrogens is 1. The van der Waals surface area contributed by atoms with Gasteiger partial charge in [-0.1, -0.05) is 0 Å². The van der Waals surface area contributed by atoms with Crippen molar-refractivity contribution >= 4 is 21.6 Å². The summed E-state index contributed by atoms with van der Waals surface area (Å²) >= 11 is 1.67. The van der Waals surface area contributed by atoms with E-state index in [1.165, 1.54) is 0 Å². The van der Waals surface area contributed by atoms with Crippen LogP contribution in [0.4, 0.5) is 0 Å². The molecule has 0 aliphatic rings. The highest BCUT2D eigenvalue weighted by Crippen LogP contribution is 2.31. The molecule has 1 N–H and O–H groups in total. The van der Waals surface area contributed by atoms with E-state index < -0.39 is 0 Å². The van der Waals surface area contributed by atoms with Gasteiger partial charge in [-0.2, -0.15) is 0 Å². The van der Waals surface area contributed by atoms with Crippen LogP contribution in [-0.2, 0) is 0 Å². The highest BCUT2D eigenvalue weighted by atomic mass is 32.1. The number of hydrogen-bond acceptors (Lipinski definition) is 3. The van der Waals surface area contributed by atoms with E-state index in [1.54, 1.807) is 11.3 Å². The number of nitrogens with one attached hydrogen (secondary N) is 1. The third-order valence-corrected chi connectivity index (χ3v) is 3.55. The molecular weight excluding hydrogens is 232 g/mol. The molecule has 0 aliphatic heterocycles. The fraction of sp³-hybridized carbons (Fsp3) is 0.154. The molecule has 0 saturated heterocycles. The van der Waals surface area contributed by atoms with Crippen LogP contribution in [0.3, 0.4) is 0 Å². The number of nitrogens with zero attached hydrogens (tertiary/aromatic N) is 1. The Morgan fingerprint density at radius 3 is 3.06 bits per heavy atom. The average molecular weight is 244 g/mol. The van der Waals surface area contributed by atoms with Gasteiger partial charge in [-0.05, 0) is 37.3 Å². The van der Waals surface area contributed by atoms with Gasteiger partial charge in [0, 0.05) is 6.20 Å². The number of ether oxygens (including phenoxy) is 1. The predicted molar refractivity (Wildman–Crippen MR) is 70.6 cm³/mol. The Morgan fingerprint density at radius 1 is 1.35 bits per heavy atom. The third kappa shape index (κ3) is 1.91. The molecule has 0 fully saturated rings. The van der Waals surface area contributed by atoms with E-state index in [2.05, 4.69) is 9.97 Å². The average Bonchev–Trinajstić information content (AvgIpc) is 2.97. The summed E-state index contributed by atoms with van der Waals surface area (Å²) in [6, 6.07) is 10.0. The molecule has 3 nitrogen and oxygen atoms in total. The lowest BCUT2D eigenvalue weighted by atomic mass is 10.3. The first-order valence-corrected chi connectivity index (χ1v) is 6.35. The van der Waals surface area contributed by atoms with E-state index in [0.717, 1.165) is 26.7 Å². The zero-order valence-corrected chi connectivity index (χ0v) is 10.3. The zero-order chi connectivity index (χ0) is 11.7. The van der Waals surface area contributed by atoms with E-state index in [-0.39, 0.29) is 0 Å². The molecule has 0 amide bonds. The Balaban J connectivity index is 2.07. The van der Waals surface area contributed by atoms with Crippen LogP contribution in [0.5, 0.6) is 5.75 Å². The van der Waals surface area contributed by atoms with Gasteiger partial charge in [-0.15, -0.1) is 11.3 Å². The molecule has 0 bridgehead atoms. The molecule has 2 aromatic heterocycles. The quantitative estimate of drug-likeness (QED) is 0.763. The normalized spacial score (nSPS) is 10.9. The summed E-state index contributed by atoms with van der Waals surface area (Å²) in [7, 11) is 0. The van der Waals surface area contributed by atoms with Gasteiger partial charge in [-0.25, -0.2) is 4.98 Å². The second kappa shape index (κ2) is 4.22. The van der Waals surface area contributed by atoms with Crippen molar-refractivity contribution in [1.29, 1.82) is 0 Å². The Morgan fingerprint density at radius 2 is 2.29 bits per heavy atom. The second-order valence-electron chi connectivity index (χ2n) is 3.67. The van der Waals surface area contributed by atoms with Crippen molar-refractivity contribution in [3.63, 3.8) is 0 Å². The number of thiazole rings is 1. The Labute approximate surface area is 103 Å². The number of rotatable bonds is 3. The number of aromatic amines is 1. The standard InChI is InChI=1S/C13H12N2OS/c1-2-16-9-5-6-10-12(8-9)17-13(15-10)11-4-3-7-14-11/h3-8,14H,2H2,1H3. The van der Waals surface area contributed by atoms with Crippen molar-refractivity contribution in [1.82, 2.24) is 9.97 Å². The summed E-state index contributed by atoms with van der Waals surface area (Å²) in [5.41, 5.74) is 2.08. The molecular formula is C13H12N2OS. The second-order valence-corrected chi connectivity index (χ2v) is 4.70. The maximum absolute atomic E-state index is 5.48. The van der Waals surface area contributed by atoms with E-state index >= 15 is 0 Å². The molecule has 2 heterocycles. The van der Waals surface area contributed by atoms with E-state index in [1.807, 2.05) is 43.5 Å². The number of hydrogen-bond donors (Lipinski definition) is 1. The van der Waals surface area contributed by atoms with E-state index in [9.17, 15) is 0 Å². The monoisotopic (exact) mass is 244 g/mol. The summed E-state index contributed by atoms with van der Waals surface area (Å²) in [5.74, 6) is 0.904. The van der Waals surface area contributed by atoms with Crippen LogP contribution < -0.4 is 4.74 Å². The smallest absolute Gasteiger partial charge is 0.140 e. The number of fused-ring (bicyclic) bond motifs is 1. The lowest BCUT2D eigenvalue weighted by Gasteiger charge is -2.00. The summed E-state index contributed by atoms with van der Waals surface area (Å²) in [5, 5.41) is 1.01. The maximum atomic E-state index is 5.48. The Hall–Kier alpha value is -1.81. The van der Waals surface area contributed by atoms with Crippen LogP contribution in [-0.4, -0.2) is 16.6 Å². The Bertz CT molecular complexity index is 628. The third-order valence-electron chi connectivity index (χ3n) is 2.50. The Kier molecular flexibility index (Phi) is 2.57. The number of aromatic nitrogens is 2. The topological polar surface area (TPSA) is 37.9 Å². The molecule has 0 unspecified atom stereocenters. The predicted octanol–water partition coefficient (Wildman–Crippen LogP) is 3.69. The van der Waals surface area contributed by atoms with Crippen LogP contribution in [0.15, 0.2) is 36.5 Å². The number of benzene rings is 1. The highest BCUT2D eigenvalue weighted by Gasteiger charge is 2.07. The van der Waals surface area contributed by atoms with Gasteiger partial charge in [0.1, 0.15) is 10.8 Å². The van der Waals surface area contributed by atoms with Crippen molar-refractivity contribution in [3.8, 4) is 16.5 Å². The van der Waals surface area contributed by atoms with Crippen LogP contribution in [0.2, 0.25) is 0 Å². The minimum atomic E-state index is 0.688. The van der Waals surface area contributed by atoms with Gasteiger partial charge < -0.3 is 9.72 Å². The molecule has 0 radical (unpaired) electrons. The van der Waals surface area contributed by atoms with E-state index in [0.29, 0.717) is 6.61 Å². The first-order chi connectivity index (χ1) is 8.36. The molecule has 0 aliphatic carbocycles. The zero-order valence-electron chi connectivity index (χ0n) is 9.43. The minimum Gasteiger partial charge on any atom is -0.494 e. The van der Waals surface area contributed by atoms with E-state index in [4.69, 9.17) is 4.74 Å². The summed E-state index contributed by atoms with van der Waals surface area (Å²) < 4.78 is 6.64. The molecule has 0 atom stereocenters. The maximum Gasteiger partial charge on any atom is 0.140 e. The van der Waals surface area contributed by atoms with Crippen molar-refractivity contribution in [3.05, 3.63) is 36.5 Å². The molecule has 86 valence electrons. The van der Waals surface area contributed by atoms with Crippen molar-refractivity contribution in [2.75, 3.05) is 6.61 Å². The minimum absolute atomic E-state index is 0.688. The van der Waals surface area contributed by atoms with Crippen LogP contribution >= 0.6 is 11.3 Å². The molecule has 3 rings (SSSR count). The van der Waals surface area contributed by atoms with Crippen molar-refractivity contribution in [2.24, 2.45) is 0 Å². The lowest BCUT2D eigenvalue weighted by molar-refractivity contribution is 0.341. The van der Waals surface area contributed by atoms with Gasteiger partial charge in [-0.3, -0.25) is 0 Å². The van der Waals surface area contributed by atoms with Gasteiger partial charge in [0.2, 0.25) is 0 Å². The first kappa shape index (κ1) is 10.4. The first-order valence-electron chi connectivity index (χ1n) is 5.54. The molecule has 4 heteroatoms. The van der Waals surface area contributed by atoms with Gasteiger partial charge in [0.15, 0.2) is 0 Å². The lowest BCUT2D eigenvalue weighted by Crippen LogP contribution is -1.89. The molecule has 0 saturated carbocycles. The largest absolute Gasteiger partial charge is 0.494 e. The van der Waals surface area contributed by atoms with Crippen molar-refractivity contribution < 1.29 is 4.74 Å². The summed E-state index contributed by atoms with van der Waals surface area (Å²) in [6.45, 7) is 2.68. The van der Waals surface area contributed by atoms with Crippen LogP contribution in [0.1, 0.15) is 6.92 Å². The van der Waals surface area contributed by atoms with Gasteiger partial charge >= 0.3 is 0 Å². The fourth-order valence-corrected chi connectivity index (χ4v) is 2.72. The van der Waals surface area contributed by atoms with Gasteiger partial charge in [0.05, 0.1) is 22.5 Å². The molecule has 3 aromatic rings. The molecule has 1 aromatic carbocycles. The summed E-state index contributed by atoms with van der Waals surface area (Å²) in [6.07, 6.45) is 1.91. The van der Waals surface area contributed by atoms with Crippen LogP contribution in [0.25, 0.3) is 20.9 Å².